The molecular weight excluding hydrogens is 308 g/mol. The van der Waals surface area contributed by atoms with Gasteiger partial charge in [0.2, 0.25) is 5.91 Å². The van der Waals surface area contributed by atoms with Gasteiger partial charge in [-0.1, -0.05) is 31.0 Å². The van der Waals surface area contributed by atoms with Crippen LogP contribution in [-0.2, 0) is 11.3 Å². The monoisotopic (exact) mass is 332 g/mol. The molecule has 1 N–H and O–H groups in total. The number of hydrogen-bond acceptors (Lipinski definition) is 4. The predicted molar refractivity (Wildman–Crippen MR) is 93.5 cm³/mol. The maximum Gasteiger partial charge on any atom is 0.221 e. The van der Waals surface area contributed by atoms with Gasteiger partial charge in [0.05, 0.1) is 17.2 Å². The molecule has 0 bridgehead atoms. The van der Waals surface area contributed by atoms with E-state index in [4.69, 9.17) is 4.98 Å². The fraction of sp³-hybridized carbons (Fsp3) is 0.588. The van der Waals surface area contributed by atoms with Crippen LogP contribution in [0.25, 0.3) is 11.0 Å². The zero-order chi connectivity index (χ0) is 16.1. The summed E-state index contributed by atoms with van der Waals surface area (Å²) in [6, 6.07) is 1.94. The summed E-state index contributed by atoms with van der Waals surface area (Å²) in [5, 5.41) is 3.70. The van der Waals surface area contributed by atoms with E-state index in [2.05, 4.69) is 14.9 Å². The number of aryl methyl sites for hydroxylation is 1. The first kappa shape index (κ1) is 16.3. The van der Waals surface area contributed by atoms with Crippen LogP contribution in [0.5, 0.6) is 0 Å². The molecule has 124 valence electrons. The Morgan fingerprint density at radius 3 is 3.00 bits per heavy atom. The van der Waals surface area contributed by atoms with Gasteiger partial charge in [0.1, 0.15) is 0 Å². The first-order valence-electron chi connectivity index (χ1n) is 8.41. The highest BCUT2D eigenvalue weighted by Gasteiger charge is 2.17. The van der Waals surface area contributed by atoms with Crippen LogP contribution in [0, 0.1) is 5.92 Å². The molecule has 2 aromatic heterocycles. The Morgan fingerprint density at radius 1 is 1.39 bits per heavy atom. The van der Waals surface area contributed by atoms with Crippen molar-refractivity contribution < 1.29 is 4.79 Å². The SMILES string of the molecule is CNC(=O)CCn1c(SCC2CCCCC2)nc2ccncc21. The number of thioether (sulfide) groups is 1. The van der Waals surface area contributed by atoms with E-state index >= 15 is 0 Å². The summed E-state index contributed by atoms with van der Waals surface area (Å²) < 4.78 is 2.14. The van der Waals surface area contributed by atoms with Crippen LogP contribution in [-0.4, -0.2) is 33.2 Å². The third-order valence-electron chi connectivity index (χ3n) is 4.53. The van der Waals surface area contributed by atoms with Crippen molar-refractivity contribution in [2.75, 3.05) is 12.8 Å². The highest BCUT2D eigenvalue weighted by molar-refractivity contribution is 7.99. The van der Waals surface area contributed by atoms with Crippen molar-refractivity contribution in [3.8, 4) is 0 Å². The molecule has 0 radical (unpaired) electrons. The standard InChI is InChI=1S/C17H24N4OS/c1-18-16(22)8-10-21-15-11-19-9-7-14(15)20-17(21)23-12-13-5-3-2-4-6-13/h7,9,11,13H,2-6,8,10,12H2,1H3,(H,18,22). The highest BCUT2D eigenvalue weighted by Crippen LogP contribution is 2.31. The predicted octanol–water partition coefficient (Wildman–Crippen LogP) is 3.24. The van der Waals surface area contributed by atoms with E-state index in [1.165, 1.54) is 32.1 Å². The summed E-state index contributed by atoms with van der Waals surface area (Å²) in [5.74, 6) is 1.98. The van der Waals surface area contributed by atoms with Crippen LogP contribution < -0.4 is 5.32 Å². The Hall–Kier alpha value is -1.56. The topological polar surface area (TPSA) is 59.8 Å². The number of pyridine rings is 1. The number of carbonyl (C=O) groups excluding carboxylic acids is 1. The number of aromatic nitrogens is 3. The number of nitrogens with zero attached hydrogens (tertiary/aromatic N) is 3. The van der Waals surface area contributed by atoms with Crippen molar-refractivity contribution in [1.82, 2.24) is 19.9 Å². The smallest absolute Gasteiger partial charge is 0.221 e. The molecule has 0 spiro atoms. The maximum atomic E-state index is 11.6. The summed E-state index contributed by atoms with van der Waals surface area (Å²) in [4.78, 5) is 20.6. The van der Waals surface area contributed by atoms with E-state index in [1.54, 1.807) is 13.2 Å². The molecule has 1 aliphatic carbocycles. The second-order valence-electron chi connectivity index (χ2n) is 6.15. The molecule has 0 unspecified atom stereocenters. The Bertz CT molecular complexity index is 664. The van der Waals surface area contributed by atoms with Crippen molar-refractivity contribution in [3.63, 3.8) is 0 Å². The number of carbonyl (C=O) groups is 1. The zero-order valence-corrected chi connectivity index (χ0v) is 14.4. The van der Waals surface area contributed by atoms with Gasteiger partial charge in [-0.25, -0.2) is 4.98 Å². The second-order valence-corrected chi connectivity index (χ2v) is 7.14. The quantitative estimate of drug-likeness (QED) is 0.825. The van der Waals surface area contributed by atoms with Gasteiger partial charge in [0.15, 0.2) is 5.16 Å². The summed E-state index contributed by atoms with van der Waals surface area (Å²) in [5.41, 5.74) is 1.98. The van der Waals surface area contributed by atoms with Crippen LogP contribution in [0.2, 0.25) is 0 Å². The van der Waals surface area contributed by atoms with E-state index in [9.17, 15) is 4.79 Å². The lowest BCUT2D eigenvalue weighted by Crippen LogP contribution is -2.19. The van der Waals surface area contributed by atoms with Gasteiger partial charge in [0.25, 0.3) is 0 Å². The molecule has 0 aromatic carbocycles. The van der Waals surface area contributed by atoms with Gasteiger partial charge in [-0.05, 0) is 24.8 Å². The summed E-state index contributed by atoms with van der Waals surface area (Å²) in [7, 11) is 1.68. The Labute approximate surface area is 141 Å². The Balaban J connectivity index is 1.75. The first-order valence-corrected chi connectivity index (χ1v) is 9.40. The average Bonchev–Trinajstić information content (AvgIpc) is 2.96. The minimum atomic E-state index is 0.0546. The van der Waals surface area contributed by atoms with Gasteiger partial charge in [-0.15, -0.1) is 0 Å². The van der Waals surface area contributed by atoms with Crippen LogP contribution >= 0.6 is 11.8 Å². The van der Waals surface area contributed by atoms with Gasteiger partial charge >= 0.3 is 0 Å². The molecule has 0 saturated heterocycles. The molecule has 5 nitrogen and oxygen atoms in total. The van der Waals surface area contributed by atoms with Crippen molar-refractivity contribution in [3.05, 3.63) is 18.5 Å². The minimum absolute atomic E-state index is 0.0546. The summed E-state index contributed by atoms with van der Waals surface area (Å²) in [6.45, 7) is 0.648. The molecule has 1 amide bonds. The van der Waals surface area contributed by atoms with Crippen LogP contribution in [0.1, 0.15) is 38.5 Å². The van der Waals surface area contributed by atoms with Gasteiger partial charge in [0, 0.05) is 32.0 Å². The molecule has 2 heterocycles. The molecule has 0 aliphatic heterocycles. The molecule has 1 aliphatic rings. The largest absolute Gasteiger partial charge is 0.359 e. The Kier molecular flexibility index (Phi) is 5.54. The van der Waals surface area contributed by atoms with Gasteiger partial charge in [-0.2, -0.15) is 0 Å². The van der Waals surface area contributed by atoms with E-state index < -0.39 is 0 Å². The molecule has 1 fully saturated rings. The normalized spacial score (nSPS) is 15.9. The van der Waals surface area contributed by atoms with E-state index in [0.717, 1.165) is 27.9 Å². The van der Waals surface area contributed by atoms with Gasteiger partial charge < -0.3 is 9.88 Å². The number of nitrogens with one attached hydrogen (secondary N) is 1. The number of rotatable bonds is 6. The zero-order valence-electron chi connectivity index (χ0n) is 13.6. The van der Waals surface area contributed by atoms with Crippen LogP contribution in [0.3, 0.4) is 0 Å². The molecule has 3 rings (SSSR count). The summed E-state index contributed by atoms with van der Waals surface area (Å²) >= 11 is 1.83. The summed E-state index contributed by atoms with van der Waals surface area (Å²) in [6.07, 6.45) is 10.9. The molecule has 2 aromatic rings. The Morgan fingerprint density at radius 2 is 2.22 bits per heavy atom. The average molecular weight is 332 g/mol. The van der Waals surface area contributed by atoms with E-state index in [-0.39, 0.29) is 5.91 Å². The molecule has 23 heavy (non-hydrogen) atoms. The van der Waals surface area contributed by atoms with Crippen molar-refractivity contribution >= 4 is 28.7 Å². The first-order chi connectivity index (χ1) is 11.3. The molecule has 6 heteroatoms. The third-order valence-corrected chi connectivity index (χ3v) is 5.74. The lowest BCUT2D eigenvalue weighted by atomic mass is 9.91. The number of amides is 1. The lowest BCUT2D eigenvalue weighted by Gasteiger charge is -2.20. The molecular formula is C17H24N4OS. The van der Waals surface area contributed by atoms with E-state index in [0.29, 0.717) is 13.0 Å². The fourth-order valence-corrected chi connectivity index (χ4v) is 4.39. The number of hydrogen-bond donors (Lipinski definition) is 1. The molecule has 1 saturated carbocycles. The second kappa shape index (κ2) is 7.81. The highest BCUT2D eigenvalue weighted by atomic mass is 32.2. The van der Waals surface area contributed by atoms with Crippen molar-refractivity contribution in [2.24, 2.45) is 5.92 Å². The van der Waals surface area contributed by atoms with Gasteiger partial charge in [-0.3, -0.25) is 9.78 Å². The number of imidazole rings is 1. The molecule has 0 atom stereocenters. The van der Waals surface area contributed by atoms with Crippen molar-refractivity contribution in [1.29, 1.82) is 0 Å². The van der Waals surface area contributed by atoms with Crippen LogP contribution in [0.4, 0.5) is 0 Å². The fourth-order valence-electron chi connectivity index (χ4n) is 3.16. The van der Waals surface area contributed by atoms with E-state index in [1.807, 2.05) is 24.0 Å². The van der Waals surface area contributed by atoms with Crippen molar-refractivity contribution in [2.45, 2.75) is 50.2 Å². The minimum Gasteiger partial charge on any atom is -0.359 e. The lowest BCUT2D eigenvalue weighted by molar-refractivity contribution is -0.120. The third kappa shape index (κ3) is 4.05. The maximum absolute atomic E-state index is 11.6. The number of fused-ring (bicyclic) bond motifs is 1. The van der Waals surface area contributed by atoms with Crippen LogP contribution in [0.15, 0.2) is 23.6 Å².